The molecule has 1 aliphatic carbocycles. The van der Waals surface area contributed by atoms with E-state index in [0.29, 0.717) is 6.42 Å². The maximum absolute atomic E-state index is 9.54. The van der Waals surface area contributed by atoms with Crippen molar-refractivity contribution in [1.29, 1.82) is 5.39 Å². The van der Waals surface area contributed by atoms with Crippen LogP contribution in [0.2, 0.25) is 0 Å². The lowest BCUT2D eigenvalue weighted by molar-refractivity contribution is 0.363. The van der Waals surface area contributed by atoms with Crippen LogP contribution in [0.3, 0.4) is 0 Å². The Bertz CT molecular complexity index is 489. The van der Waals surface area contributed by atoms with Gasteiger partial charge >= 0.3 is 6.20 Å². The molecule has 4 nitrogen and oxygen atoms in total. The first-order valence-corrected chi connectivity index (χ1v) is 5.74. The fourth-order valence-corrected chi connectivity index (χ4v) is 2.49. The zero-order chi connectivity index (χ0) is 12.3. The Kier molecular flexibility index (Phi) is 3.29. The van der Waals surface area contributed by atoms with Crippen LogP contribution in [0, 0.1) is 5.39 Å². The second-order valence-electron chi connectivity index (χ2n) is 4.41. The van der Waals surface area contributed by atoms with Crippen molar-refractivity contribution in [3.05, 3.63) is 46.3 Å². The highest BCUT2D eigenvalue weighted by Crippen LogP contribution is 2.36. The fourth-order valence-electron chi connectivity index (χ4n) is 2.49. The maximum atomic E-state index is 9.54. The summed E-state index contributed by atoms with van der Waals surface area (Å²) in [6.07, 6.45) is 4.55. The highest BCUT2D eigenvalue weighted by Gasteiger charge is 2.22. The SMILES string of the molecule is N#[N+]/C=C(\O)CC1CCCc2cc(O)ccc21. The van der Waals surface area contributed by atoms with Crippen LogP contribution in [-0.2, 0) is 6.42 Å². The minimum Gasteiger partial charge on any atom is -0.508 e. The number of aliphatic hydroxyl groups excluding tert-OH is 1. The summed E-state index contributed by atoms with van der Waals surface area (Å²) in [4.78, 5) is 2.82. The lowest BCUT2D eigenvalue weighted by Crippen LogP contribution is -2.10. The zero-order valence-electron chi connectivity index (χ0n) is 9.50. The number of hydrogen-bond donors (Lipinski definition) is 2. The molecular weight excluding hydrogens is 216 g/mol. The molecule has 0 spiro atoms. The third-order valence-electron chi connectivity index (χ3n) is 3.23. The molecule has 0 aliphatic heterocycles. The van der Waals surface area contributed by atoms with Gasteiger partial charge in [0.2, 0.25) is 5.39 Å². The molecular formula is C13H15N2O2+. The lowest BCUT2D eigenvalue weighted by atomic mass is 9.80. The van der Waals surface area contributed by atoms with Crippen LogP contribution in [0.1, 0.15) is 36.3 Å². The highest BCUT2D eigenvalue weighted by molar-refractivity contribution is 5.39. The van der Waals surface area contributed by atoms with Crippen LogP contribution in [0.25, 0.3) is 4.98 Å². The van der Waals surface area contributed by atoms with Crippen molar-refractivity contribution in [3.8, 4) is 5.75 Å². The van der Waals surface area contributed by atoms with Crippen molar-refractivity contribution in [2.75, 3.05) is 0 Å². The molecule has 1 atom stereocenters. The van der Waals surface area contributed by atoms with E-state index in [-0.39, 0.29) is 17.4 Å². The van der Waals surface area contributed by atoms with E-state index >= 15 is 0 Å². The molecule has 1 aliphatic rings. The predicted molar refractivity (Wildman–Crippen MR) is 64.2 cm³/mol. The van der Waals surface area contributed by atoms with Gasteiger partial charge in [0.1, 0.15) is 5.75 Å². The first-order chi connectivity index (χ1) is 8.20. The van der Waals surface area contributed by atoms with Gasteiger partial charge < -0.3 is 10.2 Å². The Morgan fingerprint density at radius 1 is 1.53 bits per heavy atom. The second-order valence-corrected chi connectivity index (χ2v) is 4.41. The van der Waals surface area contributed by atoms with Crippen molar-refractivity contribution in [2.45, 2.75) is 31.6 Å². The van der Waals surface area contributed by atoms with Crippen molar-refractivity contribution in [2.24, 2.45) is 0 Å². The van der Waals surface area contributed by atoms with Crippen LogP contribution >= 0.6 is 0 Å². The van der Waals surface area contributed by atoms with Gasteiger partial charge in [-0.2, -0.15) is 0 Å². The average molecular weight is 231 g/mol. The van der Waals surface area contributed by atoms with Crippen molar-refractivity contribution < 1.29 is 10.2 Å². The van der Waals surface area contributed by atoms with Gasteiger partial charge in [-0.05, 0) is 48.4 Å². The normalized spacial score (nSPS) is 19.5. The smallest absolute Gasteiger partial charge is 0.387 e. The number of hydrogen-bond acceptors (Lipinski definition) is 3. The molecule has 2 N–H and O–H groups in total. The molecule has 1 aromatic rings. The lowest BCUT2D eigenvalue weighted by Gasteiger charge is -2.24. The van der Waals surface area contributed by atoms with E-state index < -0.39 is 0 Å². The summed E-state index contributed by atoms with van der Waals surface area (Å²) in [6.45, 7) is 0. The minimum atomic E-state index is 0.0819. The summed E-state index contributed by atoms with van der Waals surface area (Å²) < 4.78 is 0. The van der Waals surface area contributed by atoms with E-state index in [1.165, 1.54) is 5.56 Å². The van der Waals surface area contributed by atoms with Crippen LogP contribution in [-0.4, -0.2) is 10.2 Å². The van der Waals surface area contributed by atoms with Gasteiger partial charge in [0.05, 0.1) is 0 Å². The number of nitrogens with zero attached hydrogens (tertiary/aromatic N) is 2. The van der Waals surface area contributed by atoms with Gasteiger partial charge in [-0.25, -0.2) is 0 Å². The summed E-state index contributed by atoms with van der Waals surface area (Å²) in [5.74, 6) is 0.602. The molecule has 0 saturated carbocycles. The van der Waals surface area contributed by atoms with Gasteiger partial charge in [0.25, 0.3) is 0 Å². The summed E-state index contributed by atoms with van der Waals surface area (Å²) in [7, 11) is 0. The number of aryl methyl sites for hydroxylation is 1. The number of diazo groups is 1. The molecule has 0 radical (unpaired) electrons. The topological polar surface area (TPSA) is 68.6 Å². The largest absolute Gasteiger partial charge is 0.508 e. The molecule has 0 fully saturated rings. The molecule has 0 aromatic heterocycles. The highest BCUT2D eigenvalue weighted by atomic mass is 16.3. The molecule has 1 unspecified atom stereocenters. The molecule has 1 aromatic carbocycles. The number of aliphatic hydroxyl groups is 1. The van der Waals surface area contributed by atoms with Gasteiger partial charge in [0.15, 0.2) is 10.7 Å². The maximum Gasteiger partial charge on any atom is 0.387 e. The van der Waals surface area contributed by atoms with E-state index in [2.05, 4.69) is 4.98 Å². The van der Waals surface area contributed by atoms with Crippen LogP contribution in [0.5, 0.6) is 5.75 Å². The minimum absolute atomic E-state index is 0.0819. The Morgan fingerprint density at radius 3 is 3.12 bits per heavy atom. The molecule has 0 heterocycles. The van der Waals surface area contributed by atoms with Gasteiger partial charge in [0, 0.05) is 6.42 Å². The molecule has 0 saturated heterocycles. The summed E-state index contributed by atoms with van der Waals surface area (Å²) in [5, 5.41) is 27.3. The molecule has 17 heavy (non-hydrogen) atoms. The predicted octanol–water partition coefficient (Wildman–Crippen LogP) is 3.45. The van der Waals surface area contributed by atoms with Gasteiger partial charge in [-0.3, -0.25) is 0 Å². The van der Waals surface area contributed by atoms with E-state index in [0.717, 1.165) is 31.0 Å². The van der Waals surface area contributed by atoms with Crippen molar-refractivity contribution in [1.82, 2.24) is 0 Å². The summed E-state index contributed by atoms with van der Waals surface area (Å²) in [5.41, 5.74) is 2.32. The Labute approximate surface area is 99.8 Å². The summed E-state index contributed by atoms with van der Waals surface area (Å²) in [6, 6.07) is 5.38. The first kappa shape index (κ1) is 11.5. The Balaban J connectivity index is 2.23. The van der Waals surface area contributed by atoms with Crippen molar-refractivity contribution >= 4 is 0 Å². The third-order valence-corrected chi connectivity index (χ3v) is 3.23. The number of allylic oxidation sites excluding steroid dienone is 1. The summed E-state index contributed by atoms with van der Waals surface area (Å²) >= 11 is 0. The molecule has 88 valence electrons. The monoisotopic (exact) mass is 231 g/mol. The van der Waals surface area contributed by atoms with E-state index in [1.54, 1.807) is 12.1 Å². The van der Waals surface area contributed by atoms with Crippen LogP contribution in [0.15, 0.2) is 30.2 Å². The molecule has 2 rings (SSSR count). The number of fused-ring (bicyclic) bond motifs is 1. The molecule has 0 amide bonds. The second kappa shape index (κ2) is 4.88. The molecule has 0 bridgehead atoms. The number of aromatic hydroxyl groups is 1. The van der Waals surface area contributed by atoms with Crippen LogP contribution in [0.4, 0.5) is 0 Å². The molecule has 4 heteroatoms. The number of benzene rings is 1. The number of phenolic OH excluding ortho intramolecular Hbond substituents is 1. The number of rotatable bonds is 2. The average Bonchev–Trinajstić information content (AvgIpc) is 2.29. The van der Waals surface area contributed by atoms with Gasteiger partial charge in [-0.1, -0.05) is 6.07 Å². The number of phenols is 1. The zero-order valence-corrected chi connectivity index (χ0v) is 9.50. The Hall–Kier alpha value is -2.02. The van der Waals surface area contributed by atoms with E-state index in [1.807, 2.05) is 6.07 Å². The quantitative estimate of drug-likeness (QED) is 0.605. The van der Waals surface area contributed by atoms with Crippen molar-refractivity contribution in [3.63, 3.8) is 0 Å². The van der Waals surface area contributed by atoms with E-state index in [4.69, 9.17) is 5.39 Å². The standard InChI is InChI=1S/C13H14N2O2/c14-15-8-12(17)7-10-3-1-2-9-6-11(16)4-5-13(9)10/h4-6,8,10H,1-3,7H2,(H-,16,17)/p+1/b12-8-. The Morgan fingerprint density at radius 2 is 2.35 bits per heavy atom. The van der Waals surface area contributed by atoms with Gasteiger partial charge in [-0.15, -0.1) is 0 Å². The van der Waals surface area contributed by atoms with Crippen LogP contribution < -0.4 is 0 Å². The van der Waals surface area contributed by atoms with E-state index in [9.17, 15) is 10.2 Å². The first-order valence-electron chi connectivity index (χ1n) is 5.74. The third kappa shape index (κ3) is 2.56. The fraction of sp³-hybridized carbons (Fsp3) is 0.385.